The molecular formula is C32H33N7O5. The molecule has 0 bridgehead atoms. The van der Waals surface area contributed by atoms with E-state index >= 15 is 0 Å². The van der Waals surface area contributed by atoms with Crippen LogP contribution in [0, 0.1) is 11.3 Å². The van der Waals surface area contributed by atoms with E-state index in [0.717, 1.165) is 29.7 Å². The van der Waals surface area contributed by atoms with Crippen molar-refractivity contribution in [1.82, 2.24) is 24.5 Å². The van der Waals surface area contributed by atoms with Crippen molar-refractivity contribution in [3.05, 3.63) is 77.2 Å². The van der Waals surface area contributed by atoms with Crippen molar-refractivity contribution in [2.24, 2.45) is 0 Å². The summed E-state index contributed by atoms with van der Waals surface area (Å²) in [5.41, 5.74) is 4.70. The number of anilines is 1. The van der Waals surface area contributed by atoms with Gasteiger partial charge in [0, 0.05) is 31.4 Å². The lowest BCUT2D eigenvalue weighted by Crippen LogP contribution is -2.34. The fourth-order valence-electron chi connectivity index (χ4n) is 5.62. The summed E-state index contributed by atoms with van der Waals surface area (Å²) in [6.45, 7) is 1.83. The third-order valence-corrected chi connectivity index (χ3v) is 7.86. The summed E-state index contributed by atoms with van der Waals surface area (Å²) in [4.78, 5) is 11.9. The molecule has 0 aliphatic carbocycles. The maximum Gasteiger partial charge on any atom is 0.226 e. The van der Waals surface area contributed by atoms with Crippen LogP contribution in [0.5, 0.6) is 23.0 Å². The van der Waals surface area contributed by atoms with Crippen molar-refractivity contribution in [2.45, 2.75) is 32.0 Å². The average molecular weight is 596 g/mol. The molecule has 226 valence electrons. The zero-order chi connectivity index (χ0) is 30.6. The number of hydrogen-bond acceptors (Lipinski definition) is 11. The number of benzene rings is 2. The zero-order valence-electron chi connectivity index (χ0n) is 25.0. The Hall–Kier alpha value is -5.28. The van der Waals surface area contributed by atoms with Crippen LogP contribution in [-0.2, 0) is 19.5 Å². The van der Waals surface area contributed by atoms with Crippen molar-refractivity contribution in [1.29, 1.82) is 5.26 Å². The van der Waals surface area contributed by atoms with E-state index in [1.165, 1.54) is 5.56 Å². The first-order valence-electron chi connectivity index (χ1n) is 14.2. The van der Waals surface area contributed by atoms with E-state index in [4.69, 9.17) is 38.4 Å². The first-order valence-corrected chi connectivity index (χ1v) is 14.2. The van der Waals surface area contributed by atoms with E-state index in [2.05, 4.69) is 16.3 Å². The number of hydrogen-bond donors (Lipinski definition) is 1. The summed E-state index contributed by atoms with van der Waals surface area (Å²) in [7, 11) is 6.49. The number of fused-ring (bicyclic) bond motifs is 2. The fraction of sp³-hybridized carbons (Fsp3) is 0.312. The minimum absolute atomic E-state index is 0.251. The lowest BCUT2D eigenvalue weighted by Gasteiger charge is -2.35. The molecule has 44 heavy (non-hydrogen) atoms. The largest absolute Gasteiger partial charge is 0.493 e. The number of furan rings is 1. The fourth-order valence-corrected chi connectivity index (χ4v) is 5.62. The third-order valence-electron chi connectivity index (χ3n) is 7.86. The summed E-state index contributed by atoms with van der Waals surface area (Å²) in [6.07, 6.45) is 4.43. The molecule has 1 atom stereocenters. The molecule has 1 aliphatic heterocycles. The molecule has 6 rings (SSSR count). The normalized spacial score (nSPS) is 13.6. The van der Waals surface area contributed by atoms with Gasteiger partial charge in [0.25, 0.3) is 0 Å². The molecule has 0 saturated carbocycles. The molecule has 1 unspecified atom stereocenters. The highest BCUT2D eigenvalue weighted by molar-refractivity contribution is 5.59. The third kappa shape index (κ3) is 5.45. The predicted molar refractivity (Wildman–Crippen MR) is 162 cm³/mol. The van der Waals surface area contributed by atoms with Gasteiger partial charge in [0.05, 0.1) is 53.2 Å². The van der Waals surface area contributed by atoms with Gasteiger partial charge in [0.15, 0.2) is 34.4 Å². The quantitative estimate of drug-likeness (QED) is 0.220. The molecule has 0 amide bonds. The van der Waals surface area contributed by atoms with Gasteiger partial charge in [0.1, 0.15) is 0 Å². The Labute approximate surface area is 254 Å². The van der Waals surface area contributed by atoms with Gasteiger partial charge in [-0.05, 0) is 59.5 Å². The highest BCUT2D eigenvalue weighted by Gasteiger charge is 2.30. The van der Waals surface area contributed by atoms with Gasteiger partial charge >= 0.3 is 0 Å². The van der Waals surface area contributed by atoms with Crippen LogP contribution in [-0.4, -0.2) is 59.5 Å². The molecule has 0 fully saturated rings. The van der Waals surface area contributed by atoms with Crippen LogP contribution < -0.4 is 24.3 Å². The number of methoxy groups -OCH3 is 4. The zero-order valence-corrected chi connectivity index (χ0v) is 25.0. The van der Waals surface area contributed by atoms with Crippen LogP contribution in [0.25, 0.3) is 17.2 Å². The maximum atomic E-state index is 9.92. The summed E-state index contributed by atoms with van der Waals surface area (Å²) in [6, 6.07) is 15.5. The van der Waals surface area contributed by atoms with Crippen LogP contribution >= 0.6 is 0 Å². The molecule has 12 heteroatoms. The van der Waals surface area contributed by atoms with Crippen molar-refractivity contribution in [3.8, 4) is 40.7 Å². The van der Waals surface area contributed by atoms with Crippen molar-refractivity contribution in [2.75, 3.05) is 40.3 Å². The number of nitriles is 1. The second kappa shape index (κ2) is 12.5. The van der Waals surface area contributed by atoms with Gasteiger partial charge in [-0.3, -0.25) is 4.90 Å². The molecule has 12 nitrogen and oxygen atoms in total. The van der Waals surface area contributed by atoms with E-state index in [1.807, 2.05) is 36.4 Å². The minimum Gasteiger partial charge on any atom is -0.493 e. The Bertz CT molecular complexity index is 1810. The molecule has 0 spiro atoms. The molecule has 1 aliphatic rings. The molecule has 4 heterocycles. The summed E-state index contributed by atoms with van der Waals surface area (Å²) in [5.74, 6) is 4.15. The van der Waals surface area contributed by atoms with Gasteiger partial charge in [-0.2, -0.15) is 9.78 Å². The van der Waals surface area contributed by atoms with Gasteiger partial charge < -0.3 is 28.7 Å². The molecule has 0 saturated heterocycles. The van der Waals surface area contributed by atoms with Crippen molar-refractivity contribution < 1.29 is 23.4 Å². The maximum absolute atomic E-state index is 9.92. The number of nitrogens with one attached hydrogen (secondary N) is 1. The predicted octanol–water partition coefficient (Wildman–Crippen LogP) is 5.04. The Morgan fingerprint density at radius 2 is 1.73 bits per heavy atom. The number of aromatic nitrogens is 4. The highest BCUT2D eigenvalue weighted by Crippen LogP contribution is 2.37. The second-order valence-electron chi connectivity index (χ2n) is 10.3. The summed E-state index contributed by atoms with van der Waals surface area (Å²) < 4.78 is 29.2. The van der Waals surface area contributed by atoms with Gasteiger partial charge in [-0.25, -0.2) is 9.97 Å². The van der Waals surface area contributed by atoms with Crippen molar-refractivity contribution >= 4 is 11.6 Å². The van der Waals surface area contributed by atoms with Crippen molar-refractivity contribution in [3.63, 3.8) is 0 Å². The molecule has 2 aromatic carbocycles. The lowest BCUT2D eigenvalue weighted by molar-refractivity contribution is 0.181. The number of nitrogens with zero attached hydrogens (tertiary/aromatic N) is 6. The minimum atomic E-state index is -0.273. The van der Waals surface area contributed by atoms with Gasteiger partial charge in [0.2, 0.25) is 11.8 Å². The van der Waals surface area contributed by atoms with E-state index in [9.17, 15) is 5.26 Å². The molecule has 0 radical (unpaired) electrons. The Balaban J connectivity index is 1.36. The first-order chi connectivity index (χ1) is 21.6. The number of rotatable bonds is 11. The van der Waals surface area contributed by atoms with E-state index in [1.54, 1.807) is 51.5 Å². The highest BCUT2D eigenvalue weighted by atomic mass is 16.5. The molecule has 1 N–H and O–H groups in total. The van der Waals surface area contributed by atoms with E-state index in [0.29, 0.717) is 59.3 Å². The van der Waals surface area contributed by atoms with Gasteiger partial charge in [-0.15, -0.1) is 5.10 Å². The smallest absolute Gasteiger partial charge is 0.226 e. The molecule has 3 aromatic heterocycles. The summed E-state index contributed by atoms with van der Waals surface area (Å²) in [5, 5.41) is 18.1. The topological polar surface area (TPSA) is 132 Å². The average Bonchev–Trinajstić information content (AvgIpc) is 3.76. The van der Waals surface area contributed by atoms with Gasteiger partial charge in [-0.1, -0.05) is 6.07 Å². The standard InChI is InChI=1S/C32H33N7O5/c1-40-25-8-7-20(14-27(25)41-2)17-34-32-35-18-23(31-36-30(37-39(31)32)26-6-5-13-44-26)24(9-11-33)38-12-10-21-15-28(42-3)29(43-4)16-22(21)19-38/h5-8,13-16,18,24H,9-10,12,17,19H2,1-4H3,(H,34,35). The molecular weight excluding hydrogens is 562 g/mol. The molecule has 5 aromatic rings. The Kier molecular flexibility index (Phi) is 8.21. The van der Waals surface area contributed by atoms with Crippen LogP contribution in [0.4, 0.5) is 5.95 Å². The second-order valence-corrected chi connectivity index (χ2v) is 10.3. The summed E-state index contributed by atoms with van der Waals surface area (Å²) >= 11 is 0. The first kappa shape index (κ1) is 28.8. The van der Waals surface area contributed by atoms with Crippen LogP contribution in [0.3, 0.4) is 0 Å². The lowest BCUT2D eigenvalue weighted by atomic mass is 9.95. The Morgan fingerprint density at radius 1 is 0.977 bits per heavy atom. The van der Waals surface area contributed by atoms with E-state index < -0.39 is 0 Å². The number of ether oxygens (including phenoxy) is 4. The monoisotopic (exact) mass is 595 g/mol. The van der Waals surface area contributed by atoms with Crippen LogP contribution in [0.1, 0.15) is 34.7 Å². The van der Waals surface area contributed by atoms with Crippen LogP contribution in [0.15, 0.2) is 59.3 Å². The SMILES string of the molecule is COc1ccc(CNc2ncc(C(CC#N)N3CCc4cc(OC)c(OC)cc4C3)c3nc(-c4ccco4)nn23)cc1OC. The Morgan fingerprint density at radius 3 is 2.43 bits per heavy atom. The van der Waals surface area contributed by atoms with Crippen LogP contribution in [0.2, 0.25) is 0 Å². The van der Waals surface area contributed by atoms with E-state index in [-0.39, 0.29) is 12.5 Å².